The number of likely N-dealkylation sites (tertiary alicyclic amines) is 2. The number of methoxy groups -OCH3 is 2. The van der Waals surface area contributed by atoms with Crippen LogP contribution in [0, 0.1) is 5.92 Å². The van der Waals surface area contributed by atoms with Crippen molar-refractivity contribution >= 4 is 57.1 Å². The normalized spacial score (nSPS) is 20.8. The number of ether oxygens (including phenoxy) is 4. The van der Waals surface area contributed by atoms with Crippen molar-refractivity contribution in [2.24, 2.45) is 10.9 Å². The van der Waals surface area contributed by atoms with Crippen LogP contribution in [0.25, 0.3) is 38.5 Å². The Hall–Kier alpha value is -6.58. The van der Waals surface area contributed by atoms with Crippen LogP contribution in [-0.4, -0.2) is 108 Å². The Labute approximate surface area is 376 Å². The molecule has 1 aromatic heterocycles. The minimum absolute atomic E-state index is 0.143. The zero-order valence-corrected chi connectivity index (χ0v) is 37.0. The number of aromatic nitrogens is 2. The van der Waals surface area contributed by atoms with Gasteiger partial charge in [0.25, 0.3) is 0 Å². The number of rotatable bonds is 9. The predicted octanol–water partition coefficient (Wildman–Crippen LogP) is 7.37. The number of nitrogens with zero attached hydrogens (tertiary/aromatic N) is 4. The molecule has 5 aromatic rings. The van der Waals surface area contributed by atoms with Gasteiger partial charge in [-0.2, -0.15) is 0 Å². The van der Waals surface area contributed by atoms with Crippen molar-refractivity contribution in [1.29, 1.82) is 0 Å². The number of carbonyl (C=O) groups excluding carboxylic acids is 4. The van der Waals surface area contributed by atoms with E-state index in [9.17, 15) is 19.2 Å². The maximum atomic E-state index is 14.2. The van der Waals surface area contributed by atoms with Gasteiger partial charge in [0.15, 0.2) is 5.79 Å². The molecule has 4 aliphatic heterocycles. The van der Waals surface area contributed by atoms with Crippen molar-refractivity contribution in [3.8, 4) is 11.1 Å². The molecule has 1 spiro atoms. The van der Waals surface area contributed by atoms with Crippen LogP contribution < -0.4 is 10.6 Å². The number of fused-ring (bicyclic) bond motifs is 5. The summed E-state index contributed by atoms with van der Waals surface area (Å²) in [5, 5.41) is 7.51. The van der Waals surface area contributed by atoms with Crippen molar-refractivity contribution < 1.29 is 38.1 Å². The maximum Gasteiger partial charge on any atom is 0.407 e. The number of H-pyrrole nitrogens is 1. The molecule has 1 aliphatic carbocycles. The monoisotopic (exact) mass is 879 g/mol. The molecule has 0 saturated carbocycles. The Morgan fingerprint density at radius 2 is 1.60 bits per heavy atom. The number of amides is 4. The fraction of sp³-hybridized carbons (Fsp3) is 0.400. The summed E-state index contributed by atoms with van der Waals surface area (Å²) in [5.41, 5.74) is 10.4. The van der Waals surface area contributed by atoms with Gasteiger partial charge in [-0.1, -0.05) is 80.6 Å². The second-order valence-electron chi connectivity index (χ2n) is 17.9. The van der Waals surface area contributed by atoms with E-state index < -0.39 is 36.1 Å². The molecule has 1 unspecified atom stereocenters. The molecule has 3 fully saturated rings. The second-order valence-corrected chi connectivity index (χ2v) is 17.9. The molecule has 3 N–H and O–H groups in total. The number of benzene rings is 4. The molecule has 3 saturated heterocycles. The lowest BCUT2D eigenvalue weighted by molar-refractivity contribution is -0.153. The van der Waals surface area contributed by atoms with Crippen LogP contribution in [0.4, 0.5) is 9.59 Å². The van der Waals surface area contributed by atoms with Crippen LogP contribution in [0.15, 0.2) is 89.6 Å². The molecular weight excluding hydrogens is 827 g/mol. The van der Waals surface area contributed by atoms with Crippen molar-refractivity contribution in [2.75, 3.05) is 40.5 Å². The number of hydrogen-bond donors (Lipinski definition) is 3. The van der Waals surface area contributed by atoms with E-state index in [1.54, 1.807) is 4.90 Å². The minimum atomic E-state index is -0.945. The Kier molecular flexibility index (Phi) is 11.1. The van der Waals surface area contributed by atoms with E-state index in [0.717, 1.165) is 70.0 Å². The average Bonchev–Trinajstić information content (AvgIpc) is 4.19. The van der Waals surface area contributed by atoms with Crippen LogP contribution in [0.2, 0.25) is 0 Å². The Morgan fingerprint density at radius 3 is 2.37 bits per heavy atom. The molecule has 4 atom stereocenters. The van der Waals surface area contributed by atoms with Crippen LogP contribution in [0.1, 0.15) is 80.6 Å². The number of aryl methyl sites for hydroxylation is 1. The number of aliphatic imine (C=N–C) groups is 1. The van der Waals surface area contributed by atoms with E-state index in [1.807, 2.05) is 55.1 Å². The molecule has 15 heteroatoms. The summed E-state index contributed by atoms with van der Waals surface area (Å²) in [6, 6.07) is 24.3. The molecule has 4 aromatic carbocycles. The first kappa shape index (κ1) is 42.4. The lowest BCUT2D eigenvalue weighted by Gasteiger charge is -2.30. The van der Waals surface area contributed by atoms with E-state index in [-0.39, 0.29) is 30.3 Å². The minimum Gasteiger partial charge on any atom is -0.453 e. The maximum absolute atomic E-state index is 14.2. The fourth-order valence-corrected chi connectivity index (χ4v) is 10.5. The third-order valence-electron chi connectivity index (χ3n) is 13.7. The van der Waals surface area contributed by atoms with Crippen molar-refractivity contribution in [3.05, 3.63) is 107 Å². The van der Waals surface area contributed by atoms with Gasteiger partial charge in [0, 0.05) is 36.2 Å². The molecule has 0 bridgehead atoms. The van der Waals surface area contributed by atoms with Gasteiger partial charge in [0.1, 0.15) is 17.9 Å². The molecule has 0 radical (unpaired) electrons. The zero-order chi connectivity index (χ0) is 45.0. The van der Waals surface area contributed by atoms with Gasteiger partial charge in [0.2, 0.25) is 11.8 Å². The molecular formula is C50H53N7O8. The second kappa shape index (κ2) is 17.1. The van der Waals surface area contributed by atoms with Gasteiger partial charge in [-0.25, -0.2) is 14.6 Å². The van der Waals surface area contributed by atoms with Crippen LogP contribution in [-0.2, 0) is 35.0 Å². The summed E-state index contributed by atoms with van der Waals surface area (Å²) >= 11 is 0. The van der Waals surface area contributed by atoms with Gasteiger partial charge in [-0.3, -0.25) is 14.6 Å². The van der Waals surface area contributed by atoms with Gasteiger partial charge in [0.05, 0.1) is 57.1 Å². The van der Waals surface area contributed by atoms with E-state index in [0.29, 0.717) is 44.0 Å². The van der Waals surface area contributed by atoms with E-state index in [4.69, 9.17) is 28.9 Å². The zero-order valence-electron chi connectivity index (χ0n) is 37.0. The first-order valence-electron chi connectivity index (χ1n) is 22.5. The highest BCUT2D eigenvalue weighted by Crippen LogP contribution is 2.45. The summed E-state index contributed by atoms with van der Waals surface area (Å²) in [6.07, 6.45) is 3.14. The molecule has 5 heterocycles. The highest BCUT2D eigenvalue weighted by atomic mass is 16.7. The summed E-state index contributed by atoms with van der Waals surface area (Å²) in [4.78, 5) is 70.4. The van der Waals surface area contributed by atoms with Crippen molar-refractivity contribution in [1.82, 2.24) is 30.4 Å². The lowest BCUT2D eigenvalue weighted by Crippen LogP contribution is -2.52. The number of allylic oxidation sites excluding steroid dienone is 2. The largest absolute Gasteiger partial charge is 0.453 e. The highest BCUT2D eigenvalue weighted by Gasteiger charge is 2.53. The van der Waals surface area contributed by atoms with Gasteiger partial charge >= 0.3 is 12.2 Å². The summed E-state index contributed by atoms with van der Waals surface area (Å²) in [6.45, 7) is 5.45. The first-order chi connectivity index (χ1) is 31.5. The van der Waals surface area contributed by atoms with Crippen molar-refractivity contribution in [2.45, 2.75) is 82.3 Å². The van der Waals surface area contributed by atoms with Crippen LogP contribution in [0.5, 0.6) is 0 Å². The fourth-order valence-electron chi connectivity index (χ4n) is 10.5. The quantitative estimate of drug-likeness (QED) is 0.137. The summed E-state index contributed by atoms with van der Waals surface area (Å²) in [7, 11) is 2.58. The molecule has 15 nitrogen and oxygen atoms in total. The summed E-state index contributed by atoms with van der Waals surface area (Å²) < 4.78 is 21.9. The highest BCUT2D eigenvalue weighted by molar-refractivity contribution is 6.07. The number of hydrogen-bond acceptors (Lipinski definition) is 10. The Morgan fingerprint density at radius 1 is 0.846 bits per heavy atom. The summed E-state index contributed by atoms with van der Waals surface area (Å²) in [5.74, 6) is -0.928. The number of nitrogens with one attached hydrogen (secondary N) is 3. The van der Waals surface area contributed by atoms with Gasteiger partial charge in [-0.05, 0) is 82.5 Å². The first-order valence-corrected chi connectivity index (χ1v) is 22.5. The van der Waals surface area contributed by atoms with E-state index in [2.05, 4.69) is 58.1 Å². The van der Waals surface area contributed by atoms with Crippen molar-refractivity contribution in [3.63, 3.8) is 0 Å². The van der Waals surface area contributed by atoms with E-state index >= 15 is 0 Å². The molecule has 4 amide bonds. The number of imidazole rings is 1. The Balaban J connectivity index is 0.878. The third-order valence-corrected chi connectivity index (χ3v) is 13.7. The molecule has 65 heavy (non-hydrogen) atoms. The van der Waals surface area contributed by atoms with Gasteiger partial charge in [-0.15, -0.1) is 0 Å². The molecule has 5 aliphatic rings. The van der Waals surface area contributed by atoms with Gasteiger partial charge < -0.3 is 44.4 Å². The number of aromatic amines is 1. The number of carbonyl (C=O) groups is 4. The van der Waals surface area contributed by atoms with E-state index in [1.165, 1.54) is 30.9 Å². The van der Waals surface area contributed by atoms with Crippen LogP contribution >= 0.6 is 0 Å². The SMILES string of the molecule is COC(=O)N[C@H](C(=O)N1CC2(C[C@H]1c1nc3c(ccc4cc(-c5ccc6c(c5)CCC5=C6CC(C6CCCN6C(=O)[C@H](NC(=O)OC)c6ccccc6)=N5)ccc43)[nH]1)OCCO2)C(C)C. The van der Waals surface area contributed by atoms with Crippen LogP contribution in [0.3, 0.4) is 0 Å². The predicted molar refractivity (Wildman–Crippen MR) is 244 cm³/mol. The Bertz CT molecular complexity index is 2780. The average molecular weight is 880 g/mol. The molecule has 10 rings (SSSR count). The molecule has 336 valence electrons. The topological polar surface area (TPSA) is 177 Å². The number of alkyl carbamates (subject to hydrolysis) is 2. The standard InChI is InChI=1S/C50H53N7O8/c1-28(2)42(54-48(60)62-3)46(58)57-27-50(64-21-22-65-50)26-41(57)45-52-38-19-15-33-24-31(13-17-35(33)44(38)53-45)30-12-16-34-32(23-30)14-18-37-36(34)25-39(51-37)40-11-8-20-56(40)47(59)43(55-49(61)63-4)29-9-6-5-7-10-29/h5-7,9-10,12-13,15-17,19,23-24,28,40-43H,8,11,14,18,20-22,25-27H2,1-4H3,(H,52,53)(H,54,60)(H,55,61)/t40?,41-,42-,43+/m0/s1. The smallest absolute Gasteiger partial charge is 0.407 e. The lowest BCUT2D eigenvalue weighted by atomic mass is 9.85. The third kappa shape index (κ3) is 7.79.